The molecule has 0 saturated heterocycles. The maximum atomic E-state index is 12.8. The lowest BCUT2D eigenvalue weighted by Gasteiger charge is -2.04. The van der Waals surface area contributed by atoms with Crippen LogP contribution in [0.2, 0.25) is 0 Å². The summed E-state index contributed by atoms with van der Waals surface area (Å²) < 4.78 is 59.3. The summed E-state index contributed by atoms with van der Waals surface area (Å²) in [6.07, 6.45) is -3.51. The quantitative estimate of drug-likeness (QED) is 0.367. The normalized spacial score (nSPS) is 11.8. The zero-order valence-corrected chi connectivity index (χ0v) is 9.17. The second-order valence-corrected chi connectivity index (χ2v) is 5.21. The van der Waals surface area contributed by atoms with E-state index in [9.17, 15) is 31.7 Å². The first-order valence-corrected chi connectivity index (χ1v) is 6.03. The summed E-state index contributed by atoms with van der Waals surface area (Å²) >= 11 is 0. The summed E-state index contributed by atoms with van der Waals surface area (Å²) in [6, 6.07) is 0.104. The van der Waals surface area contributed by atoms with Gasteiger partial charge in [0.15, 0.2) is 10.6 Å². The molecule has 0 bridgehead atoms. The van der Waals surface area contributed by atoms with Crippen molar-refractivity contribution >= 4 is 25.4 Å². The number of hydrogen-bond acceptors (Lipinski definition) is 5. The van der Waals surface area contributed by atoms with Crippen molar-refractivity contribution in [3.63, 3.8) is 0 Å². The number of nitrogens with zero attached hydrogens (tertiary/aromatic N) is 2. The first kappa shape index (κ1) is 13.6. The van der Waals surface area contributed by atoms with Gasteiger partial charge in [-0.25, -0.2) is 22.2 Å². The molecule has 94 valence electrons. The van der Waals surface area contributed by atoms with E-state index in [-0.39, 0.29) is 6.07 Å². The highest BCUT2D eigenvalue weighted by Gasteiger charge is 2.34. The fourth-order valence-electron chi connectivity index (χ4n) is 1.02. The lowest BCUT2D eigenvalue weighted by atomic mass is 10.3. The number of pyridine rings is 1. The van der Waals surface area contributed by atoms with Crippen LogP contribution < -0.4 is 0 Å². The molecule has 0 fully saturated rings. The predicted octanol–water partition coefficient (Wildman–Crippen LogP) is 1.99. The summed E-state index contributed by atoms with van der Waals surface area (Å²) in [5, 5.41) is 10.5. The molecule has 11 heteroatoms. The molecule has 0 saturated carbocycles. The van der Waals surface area contributed by atoms with Gasteiger partial charge in [0.05, 0.1) is 4.92 Å². The number of rotatable bonds is 3. The van der Waals surface area contributed by atoms with Gasteiger partial charge < -0.3 is 0 Å². The highest BCUT2D eigenvalue weighted by atomic mass is 35.7. The maximum Gasteiger partial charge on any atom is 0.316 e. The van der Waals surface area contributed by atoms with E-state index in [4.69, 9.17) is 10.7 Å². The van der Waals surface area contributed by atoms with Crippen molar-refractivity contribution in [1.82, 2.24) is 4.98 Å². The summed E-state index contributed by atoms with van der Waals surface area (Å²) in [6.45, 7) is 0. The summed E-state index contributed by atoms with van der Waals surface area (Å²) in [7, 11) is 0.0451. The van der Waals surface area contributed by atoms with Crippen LogP contribution in [0.4, 0.5) is 18.9 Å². The van der Waals surface area contributed by atoms with Gasteiger partial charge in [-0.05, 0) is 0 Å². The van der Waals surface area contributed by atoms with Crippen molar-refractivity contribution in [2.24, 2.45) is 0 Å². The molecule has 0 aliphatic carbocycles. The van der Waals surface area contributed by atoms with Crippen molar-refractivity contribution in [3.05, 3.63) is 27.8 Å². The minimum atomic E-state index is -4.74. The molecule has 0 spiro atoms. The van der Waals surface area contributed by atoms with Crippen LogP contribution in [0.5, 0.6) is 0 Å². The topological polar surface area (TPSA) is 90.2 Å². The molecule has 1 aromatic rings. The average Bonchev–Trinajstić information content (AvgIpc) is 2.14. The minimum absolute atomic E-state index is 0.104. The average molecular weight is 291 g/mol. The Kier molecular flexibility index (Phi) is 3.57. The number of aromatic nitrogens is 1. The lowest BCUT2D eigenvalue weighted by Crippen LogP contribution is -2.07. The van der Waals surface area contributed by atoms with Crippen LogP contribution in [0.15, 0.2) is 11.0 Å². The van der Waals surface area contributed by atoms with Crippen molar-refractivity contribution in [2.45, 2.75) is 11.3 Å². The molecule has 0 aromatic carbocycles. The second kappa shape index (κ2) is 4.45. The van der Waals surface area contributed by atoms with Gasteiger partial charge in [0, 0.05) is 16.7 Å². The molecule has 0 unspecified atom stereocenters. The highest BCUT2D eigenvalue weighted by molar-refractivity contribution is 8.13. The van der Waals surface area contributed by atoms with Gasteiger partial charge in [-0.3, -0.25) is 10.1 Å². The predicted molar refractivity (Wildman–Crippen MR) is 48.8 cm³/mol. The van der Waals surface area contributed by atoms with Crippen LogP contribution in [0.3, 0.4) is 0 Å². The Morgan fingerprint density at radius 1 is 1.47 bits per heavy atom. The van der Waals surface area contributed by atoms with Crippen molar-refractivity contribution in [2.75, 3.05) is 0 Å². The summed E-state index contributed by atoms with van der Waals surface area (Å²) in [5.41, 5.74) is -3.12. The van der Waals surface area contributed by atoms with E-state index in [1.807, 2.05) is 0 Å². The third-order valence-corrected chi connectivity index (χ3v) is 2.94. The van der Waals surface area contributed by atoms with Crippen molar-refractivity contribution in [3.8, 4) is 0 Å². The van der Waals surface area contributed by atoms with Gasteiger partial charge in [0.1, 0.15) is 0 Å². The Balaban J connectivity index is 3.77. The van der Waals surface area contributed by atoms with Crippen LogP contribution in [-0.2, 0) is 9.05 Å². The monoisotopic (exact) mass is 290 g/mol. The van der Waals surface area contributed by atoms with Crippen LogP contribution in [0.25, 0.3) is 0 Å². The Hall–Kier alpha value is -1.42. The van der Waals surface area contributed by atoms with Gasteiger partial charge in [-0.1, -0.05) is 0 Å². The molecular formula is C6H2ClF3N2O4S. The zero-order chi connectivity index (χ0) is 13.4. The Labute approximate surface area is 96.6 Å². The Bertz CT molecular complexity index is 577. The second-order valence-electron chi connectivity index (χ2n) is 2.67. The summed E-state index contributed by atoms with van der Waals surface area (Å²) in [5.74, 6) is -1.61. The van der Waals surface area contributed by atoms with Crippen LogP contribution >= 0.6 is 10.7 Å². The van der Waals surface area contributed by atoms with Crippen molar-refractivity contribution < 1.29 is 26.5 Å². The van der Waals surface area contributed by atoms with E-state index in [1.54, 1.807) is 0 Å². The van der Waals surface area contributed by atoms with Gasteiger partial charge in [0.2, 0.25) is 5.95 Å². The molecule has 1 rings (SSSR count). The molecule has 0 atom stereocenters. The maximum absolute atomic E-state index is 12.8. The van der Waals surface area contributed by atoms with E-state index in [2.05, 4.69) is 4.98 Å². The van der Waals surface area contributed by atoms with Gasteiger partial charge in [0.25, 0.3) is 15.5 Å². The number of alkyl halides is 2. The Morgan fingerprint density at radius 2 is 2.00 bits per heavy atom. The highest BCUT2D eigenvalue weighted by Crippen LogP contribution is 2.34. The molecule has 6 nitrogen and oxygen atoms in total. The molecule has 0 N–H and O–H groups in total. The zero-order valence-electron chi connectivity index (χ0n) is 7.60. The first-order valence-electron chi connectivity index (χ1n) is 3.72. The third-order valence-electron chi connectivity index (χ3n) is 1.61. The number of nitro groups is 1. The van der Waals surface area contributed by atoms with E-state index in [0.29, 0.717) is 0 Å². The third kappa shape index (κ3) is 2.82. The lowest BCUT2D eigenvalue weighted by molar-refractivity contribution is -0.389. The number of hydrogen-bond donors (Lipinski definition) is 0. The van der Waals surface area contributed by atoms with E-state index < -0.39 is 42.6 Å². The van der Waals surface area contributed by atoms with Gasteiger partial charge >= 0.3 is 5.69 Å². The molecule has 0 radical (unpaired) electrons. The molecule has 0 aliphatic rings. The fourth-order valence-corrected chi connectivity index (χ4v) is 2.03. The molecular weight excluding hydrogens is 289 g/mol. The van der Waals surface area contributed by atoms with Gasteiger partial charge in [-0.2, -0.15) is 4.39 Å². The first-order chi connectivity index (χ1) is 7.64. The molecule has 0 amide bonds. The van der Waals surface area contributed by atoms with Crippen LogP contribution in [0.1, 0.15) is 12.1 Å². The molecule has 1 heterocycles. The summed E-state index contributed by atoms with van der Waals surface area (Å²) in [4.78, 5) is 10.3. The molecule has 1 aromatic heterocycles. The molecule has 0 aliphatic heterocycles. The standard InChI is InChI=1S/C6H2ClF3N2O4S/c7-17(15,16)2-1-3(8)11-4(6(9)10)5(2)12(13)14/h1,6H. The van der Waals surface area contributed by atoms with E-state index in [1.165, 1.54) is 0 Å². The smallest absolute Gasteiger partial charge is 0.258 e. The Morgan fingerprint density at radius 3 is 2.35 bits per heavy atom. The van der Waals surface area contributed by atoms with E-state index >= 15 is 0 Å². The van der Waals surface area contributed by atoms with Gasteiger partial charge in [-0.15, -0.1) is 0 Å². The minimum Gasteiger partial charge on any atom is -0.258 e. The van der Waals surface area contributed by atoms with Crippen molar-refractivity contribution in [1.29, 1.82) is 0 Å². The fraction of sp³-hybridized carbons (Fsp3) is 0.167. The largest absolute Gasteiger partial charge is 0.316 e. The van der Waals surface area contributed by atoms with Crippen LogP contribution in [0, 0.1) is 16.1 Å². The SMILES string of the molecule is O=[N+]([O-])c1c(S(=O)(=O)Cl)cc(F)nc1C(F)F. The number of halogens is 4. The van der Waals surface area contributed by atoms with Crippen LogP contribution in [-0.4, -0.2) is 18.3 Å². The molecule has 17 heavy (non-hydrogen) atoms. The van der Waals surface area contributed by atoms with E-state index in [0.717, 1.165) is 0 Å².